The fourth-order valence-corrected chi connectivity index (χ4v) is 1.27. The molecule has 0 amide bonds. The summed E-state index contributed by atoms with van der Waals surface area (Å²) in [6.45, 7) is 5.76. The molecule has 70 valence electrons. The van der Waals surface area contributed by atoms with E-state index in [1.807, 2.05) is 31.2 Å². The number of para-hydroxylation sites is 1. The van der Waals surface area contributed by atoms with E-state index in [1.54, 1.807) is 0 Å². The molecule has 0 aliphatic carbocycles. The summed E-state index contributed by atoms with van der Waals surface area (Å²) in [7, 11) is 0. The van der Waals surface area contributed by atoms with E-state index < -0.39 is 0 Å². The molecule has 5 N–H and O–H groups in total. The molecule has 1 rings (SSSR count). The van der Waals surface area contributed by atoms with Gasteiger partial charge in [-0.25, -0.2) is 5.43 Å². The Morgan fingerprint density at radius 3 is 2.54 bits per heavy atom. The van der Waals surface area contributed by atoms with Crippen LogP contribution in [0.5, 0.6) is 0 Å². The van der Waals surface area contributed by atoms with Crippen molar-refractivity contribution in [2.45, 2.75) is 13.0 Å². The highest BCUT2D eigenvalue weighted by Crippen LogP contribution is 2.23. The summed E-state index contributed by atoms with van der Waals surface area (Å²) in [5.41, 5.74) is 11.1. The zero-order chi connectivity index (χ0) is 9.84. The average Bonchev–Trinajstić information content (AvgIpc) is 2.09. The second-order valence-electron chi connectivity index (χ2n) is 3.07. The number of hydrazine groups is 1. The first-order valence-corrected chi connectivity index (χ1v) is 4.12. The highest BCUT2D eigenvalue weighted by Gasteiger charge is 2.11. The Kier molecular flexibility index (Phi) is 3.06. The van der Waals surface area contributed by atoms with Crippen LogP contribution < -0.4 is 17.0 Å². The number of benzene rings is 1. The van der Waals surface area contributed by atoms with E-state index >= 15 is 0 Å². The molecule has 0 spiro atoms. The third-order valence-corrected chi connectivity index (χ3v) is 1.97. The lowest BCUT2D eigenvalue weighted by atomic mass is 10.0. The van der Waals surface area contributed by atoms with Crippen molar-refractivity contribution in [2.75, 3.05) is 5.73 Å². The molecule has 0 radical (unpaired) electrons. The van der Waals surface area contributed by atoms with E-state index in [9.17, 15) is 0 Å². The third-order valence-electron chi connectivity index (χ3n) is 1.97. The van der Waals surface area contributed by atoms with E-state index in [4.69, 9.17) is 11.6 Å². The van der Waals surface area contributed by atoms with Crippen LogP contribution in [-0.2, 0) is 0 Å². The number of hydrogen-bond acceptors (Lipinski definition) is 3. The van der Waals surface area contributed by atoms with Gasteiger partial charge in [-0.15, -0.1) is 0 Å². The van der Waals surface area contributed by atoms with Gasteiger partial charge in [0.15, 0.2) is 0 Å². The summed E-state index contributed by atoms with van der Waals surface area (Å²) >= 11 is 0. The summed E-state index contributed by atoms with van der Waals surface area (Å²) in [4.78, 5) is 0. The molecule has 3 heteroatoms. The maximum atomic E-state index is 5.80. The standard InChI is InChI=1S/C10H15N3/c1-7(2)10(13-12)8-5-3-4-6-9(8)11/h3-6,10,13H,1,11-12H2,2H3. The van der Waals surface area contributed by atoms with Crippen LogP contribution >= 0.6 is 0 Å². The largest absolute Gasteiger partial charge is 0.398 e. The van der Waals surface area contributed by atoms with Crippen molar-refractivity contribution in [3.8, 4) is 0 Å². The van der Waals surface area contributed by atoms with E-state index in [0.29, 0.717) is 0 Å². The van der Waals surface area contributed by atoms with E-state index in [0.717, 1.165) is 16.8 Å². The van der Waals surface area contributed by atoms with Crippen molar-refractivity contribution in [3.05, 3.63) is 42.0 Å². The minimum absolute atomic E-state index is 0.0683. The molecule has 0 fully saturated rings. The van der Waals surface area contributed by atoms with Crippen LogP contribution in [-0.4, -0.2) is 0 Å². The van der Waals surface area contributed by atoms with Crippen molar-refractivity contribution in [1.29, 1.82) is 0 Å². The van der Waals surface area contributed by atoms with Gasteiger partial charge in [0.2, 0.25) is 0 Å². The average molecular weight is 177 g/mol. The second kappa shape index (κ2) is 4.07. The van der Waals surface area contributed by atoms with Gasteiger partial charge >= 0.3 is 0 Å². The van der Waals surface area contributed by atoms with Gasteiger partial charge in [-0.2, -0.15) is 0 Å². The van der Waals surface area contributed by atoms with Crippen molar-refractivity contribution in [1.82, 2.24) is 5.43 Å². The monoisotopic (exact) mass is 177 g/mol. The molecule has 1 unspecified atom stereocenters. The van der Waals surface area contributed by atoms with Gasteiger partial charge in [0.25, 0.3) is 0 Å². The lowest BCUT2D eigenvalue weighted by molar-refractivity contribution is 0.629. The molecular formula is C10H15N3. The van der Waals surface area contributed by atoms with Gasteiger partial charge in [-0.1, -0.05) is 30.4 Å². The summed E-state index contributed by atoms with van der Waals surface area (Å²) in [6.07, 6.45) is 0. The smallest absolute Gasteiger partial charge is 0.0684 e. The lowest BCUT2D eigenvalue weighted by Gasteiger charge is -2.17. The molecule has 0 aromatic heterocycles. The van der Waals surface area contributed by atoms with Crippen LogP contribution in [0.15, 0.2) is 36.4 Å². The molecule has 0 aliphatic heterocycles. The SMILES string of the molecule is C=C(C)C(NN)c1ccccc1N. The van der Waals surface area contributed by atoms with Gasteiger partial charge in [0.05, 0.1) is 6.04 Å². The van der Waals surface area contributed by atoms with Gasteiger partial charge in [0.1, 0.15) is 0 Å². The van der Waals surface area contributed by atoms with Crippen LogP contribution in [0.1, 0.15) is 18.5 Å². The second-order valence-corrected chi connectivity index (χ2v) is 3.07. The number of anilines is 1. The van der Waals surface area contributed by atoms with Crippen molar-refractivity contribution < 1.29 is 0 Å². The lowest BCUT2D eigenvalue weighted by Crippen LogP contribution is -2.29. The number of nitrogens with two attached hydrogens (primary N) is 2. The predicted molar refractivity (Wildman–Crippen MR) is 55.7 cm³/mol. The van der Waals surface area contributed by atoms with Crippen LogP contribution in [0.25, 0.3) is 0 Å². The van der Waals surface area contributed by atoms with E-state index in [1.165, 1.54) is 0 Å². The Morgan fingerprint density at radius 2 is 2.08 bits per heavy atom. The van der Waals surface area contributed by atoms with Gasteiger partial charge in [-0.05, 0) is 18.6 Å². The fraction of sp³-hybridized carbons (Fsp3) is 0.200. The van der Waals surface area contributed by atoms with Gasteiger partial charge in [0, 0.05) is 5.69 Å². The Morgan fingerprint density at radius 1 is 1.46 bits per heavy atom. The molecule has 1 aromatic carbocycles. The molecule has 13 heavy (non-hydrogen) atoms. The van der Waals surface area contributed by atoms with Crippen molar-refractivity contribution >= 4 is 5.69 Å². The maximum Gasteiger partial charge on any atom is 0.0684 e. The Balaban J connectivity index is 3.04. The minimum atomic E-state index is -0.0683. The number of nitrogen functional groups attached to an aromatic ring is 1. The number of rotatable bonds is 3. The fourth-order valence-electron chi connectivity index (χ4n) is 1.27. The topological polar surface area (TPSA) is 64.1 Å². The summed E-state index contributed by atoms with van der Waals surface area (Å²) in [6, 6.07) is 7.54. The third kappa shape index (κ3) is 2.08. The Bertz CT molecular complexity index is 307. The maximum absolute atomic E-state index is 5.80. The highest BCUT2D eigenvalue weighted by molar-refractivity contribution is 5.50. The van der Waals surface area contributed by atoms with Crippen molar-refractivity contribution in [2.24, 2.45) is 5.84 Å². The zero-order valence-corrected chi connectivity index (χ0v) is 7.75. The van der Waals surface area contributed by atoms with Crippen LogP contribution in [0.2, 0.25) is 0 Å². The molecule has 0 heterocycles. The molecule has 1 aromatic rings. The molecule has 0 saturated heterocycles. The van der Waals surface area contributed by atoms with Crippen LogP contribution in [0.3, 0.4) is 0 Å². The van der Waals surface area contributed by atoms with Crippen molar-refractivity contribution in [3.63, 3.8) is 0 Å². The zero-order valence-electron chi connectivity index (χ0n) is 7.75. The van der Waals surface area contributed by atoms with Crippen LogP contribution in [0.4, 0.5) is 5.69 Å². The molecule has 1 atom stereocenters. The van der Waals surface area contributed by atoms with Crippen LogP contribution in [0, 0.1) is 0 Å². The Hall–Kier alpha value is -1.32. The molecule has 0 bridgehead atoms. The Labute approximate surface area is 78.4 Å². The normalized spacial score (nSPS) is 12.5. The first kappa shape index (κ1) is 9.77. The molecular weight excluding hydrogens is 162 g/mol. The van der Waals surface area contributed by atoms with Gasteiger partial charge in [-0.3, -0.25) is 5.84 Å². The first-order valence-electron chi connectivity index (χ1n) is 4.12. The number of nitrogens with one attached hydrogen (secondary N) is 1. The molecule has 0 saturated carbocycles. The number of hydrogen-bond donors (Lipinski definition) is 3. The van der Waals surface area contributed by atoms with Gasteiger partial charge < -0.3 is 5.73 Å². The highest BCUT2D eigenvalue weighted by atomic mass is 15.2. The quantitative estimate of drug-likeness (QED) is 0.282. The van der Waals surface area contributed by atoms with E-state index in [-0.39, 0.29) is 6.04 Å². The summed E-state index contributed by atoms with van der Waals surface area (Å²) < 4.78 is 0. The summed E-state index contributed by atoms with van der Waals surface area (Å²) in [5, 5.41) is 0. The minimum Gasteiger partial charge on any atom is -0.398 e. The molecule has 3 nitrogen and oxygen atoms in total. The first-order chi connectivity index (χ1) is 6.16. The predicted octanol–water partition coefficient (Wildman–Crippen LogP) is 1.35. The van der Waals surface area contributed by atoms with E-state index in [2.05, 4.69) is 12.0 Å². The summed E-state index contributed by atoms with van der Waals surface area (Å²) in [5.74, 6) is 5.41. The molecule has 0 aliphatic rings.